The molecule has 0 aliphatic carbocycles. The molecule has 0 bridgehead atoms. The molecule has 1 aromatic carbocycles. The van der Waals surface area contributed by atoms with E-state index in [1.165, 1.54) is 0 Å². The second-order valence-corrected chi connectivity index (χ2v) is 6.14. The van der Waals surface area contributed by atoms with Crippen LogP contribution in [0.4, 0.5) is 0 Å². The standard InChI is InChI=1S/C18H24N2O4/c1-13-7-6-8-14(2)20(13)16(21)12-24-17(22)11-19-18(23)15-9-4-3-5-10-15/h3-5,9-10,13-14H,6-8,11-12H2,1-2H3,(H,19,23)/t13-,14+. The fourth-order valence-corrected chi connectivity index (χ4v) is 3.02. The van der Waals surface area contributed by atoms with Crippen molar-refractivity contribution in [2.75, 3.05) is 13.2 Å². The highest BCUT2D eigenvalue weighted by molar-refractivity contribution is 5.96. The Balaban J connectivity index is 1.74. The Kier molecular flexibility index (Phi) is 6.35. The van der Waals surface area contributed by atoms with Crippen molar-refractivity contribution in [3.8, 4) is 0 Å². The number of likely N-dealkylation sites (tertiary alicyclic amines) is 1. The molecular formula is C18H24N2O4. The van der Waals surface area contributed by atoms with E-state index in [1.54, 1.807) is 35.2 Å². The molecule has 1 aromatic rings. The molecule has 130 valence electrons. The van der Waals surface area contributed by atoms with Crippen molar-refractivity contribution in [1.29, 1.82) is 0 Å². The van der Waals surface area contributed by atoms with Gasteiger partial charge in [0.1, 0.15) is 6.54 Å². The summed E-state index contributed by atoms with van der Waals surface area (Å²) in [5.41, 5.74) is 0.470. The first-order valence-electron chi connectivity index (χ1n) is 8.29. The highest BCUT2D eigenvalue weighted by atomic mass is 16.5. The zero-order chi connectivity index (χ0) is 17.5. The van der Waals surface area contributed by atoms with Crippen LogP contribution in [0.2, 0.25) is 0 Å². The van der Waals surface area contributed by atoms with Crippen molar-refractivity contribution in [2.45, 2.75) is 45.2 Å². The zero-order valence-corrected chi connectivity index (χ0v) is 14.2. The van der Waals surface area contributed by atoms with Crippen LogP contribution in [0.15, 0.2) is 30.3 Å². The van der Waals surface area contributed by atoms with Gasteiger partial charge in [0, 0.05) is 17.6 Å². The quantitative estimate of drug-likeness (QED) is 0.834. The van der Waals surface area contributed by atoms with Crippen LogP contribution in [0.1, 0.15) is 43.5 Å². The molecular weight excluding hydrogens is 308 g/mol. The fourth-order valence-electron chi connectivity index (χ4n) is 3.02. The number of rotatable bonds is 5. The number of nitrogens with one attached hydrogen (secondary N) is 1. The Hall–Kier alpha value is -2.37. The predicted octanol–water partition coefficient (Wildman–Crippen LogP) is 1.75. The molecule has 2 atom stereocenters. The van der Waals surface area contributed by atoms with Crippen LogP contribution in [-0.2, 0) is 14.3 Å². The number of amides is 2. The molecule has 2 rings (SSSR count). The van der Waals surface area contributed by atoms with Gasteiger partial charge in [-0.25, -0.2) is 0 Å². The number of carbonyl (C=O) groups is 3. The Bertz CT molecular complexity index is 578. The lowest BCUT2D eigenvalue weighted by Gasteiger charge is -2.38. The molecule has 1 aliphatic heterocycles. The van der Waals surface area contributed by atoms with E-state index < -0.39 is 5.97 Å². The first-order valence-corrected chi connectivity index (χ1v) is 8.29. The number of ether oxygens (including phenoxy) is 1. The van der Waals surface area contributed by atoms with Crippen molar-refractivity contribution in [3.63, 3.8) is 0 Å². The summed E-state index contributed by atoms with van der Waals surface area (Å²) in [7, 11) is 0. The first kappa shape index (κ1) is 18.0. The number of hydrogen-bond donors (Lipinski definition) is 1. The summed E-state index contributed by atoms with van der Waals surface area (Å²) in [5.74, 6) is -1.15. The lowest BCUT2D eigenvalue weighted by atomic mass is 9.97. The summed E-state index contributed by atoms with van der Waals surface area (Å²) >= 11 is 0. The normalized spacial score (nSPS) is 20.3. The molecule has 6 heteroatoms. The van der Waals surface area contributed by atoms with E-state index in [1.807, 2.05) is 13.8 Å². The summed E-state index contributed by atoms with van der Waals surface area (Å²) < 4.78 is 5.00. The van der Waals surface area contributed by atoms with Crippen molar-refractivity contribution in [2.24, 2.45) is 0 Å². The van der Waals surface area contributed by atoms with E-state index in [0.717, 1.165) is 19.3 Å². The van der Waals surface area contributed by atoms with Gasteiger partial charge in [0.25, 0.3) is 11.8 Å². The van der Waals surface area contributed by atoms with E-state index in [9.17, 15) is 14.4 Å². The van der Waals surface area contributed by atoms with Gasteiger partial charge in [-0.05, 0) is 45.2 Å². The molecule has 1 aliphatic rings. The van der Waals surface area contributed by atoms with Crippen LogP contribution in [0.25, 0.3) is 0 Å². The Morgan fingerprint density at radius 3 is 2.38 bits per heavy atom. The van der Waals surface area contributed by atoms with Crippen LogP contribution in [0.3, 0.4) is 0 Å². The number of piperidine rings is 1. The van der Waals surface area contributed by atoms with E-state index in [0.29, 0.717) is 5.56 Å². The Morgan fingerprint density at radius 2 is 1.75 bits per heavy atom. The summed E-state index contributed by atoms with van der Waals surface area (Å²) in [5, 5.41) is 2.48. The highest BCUT2D eigenvalue weighted by Crippen LogP contribution is 2.22. The van der Waals surface area contributed by atoms with Gasteiger partial charge in [0.2, 0.25) is 0 Å². The van der Waals surface area contributed by atoms with E-state index in [4.69, 9.17) is 4.74 Å². The van der Waals surface area contributed by atoms with Gasteiger partial charge < -0.3 is 15.0 Å². The van der Waals surface area contributed by atoms with Gasteiger partial charge >= 0.3 is 5.97 Å². The SMILES string of the molecule is C[C@@H]1CCC[C@H](C)N1C(=O)COC(=O)CNC(=O)c1ccccc1. The third-order valence-electron chi connectivity index (χ3n) is 4.27. The Morgan fingerprint density at radius 1 is 1.12 bits per heavy atom. The lowest BCUT2D eigenvalue weighted by molar-refractivity contribution is -0.154. The molecule has 0 spiro atoms. The second kappa shape index (κ2) is 8.47. The number of carbonyl (C=O) groups excluding carboxylic acids is 3. The largest absolute Gasteiger partial charge is 0.454 e. The molecule has 0 aromatic heterocycles. The number of benzene rings is 1. The predicted molar refractivity (Wildman–Crippen MR) is 89.4 cm³/mol. The van der Waals surface area contributed by atoms with Gasteiger partial charge in [-0.2, -0.15) is 0 Å². The molecule has 1 N–H and O–H groups in total. The Labute approximate surface area is 142 Å². The fraction of sp³-hybridized carbons (Fsp3) is 0.500. The minimum Gasteiger partial charge on any atom is -0.454 e. The summed E-state index contributed by atoms with van der Waals surface area (Å²) in [4.78, 5) is 37.6. The molecule has 1 fully saturated rings. The maximum Gasteiger partial charge on any atom is 0.325 e. The molecule has 1 saturated heterocycles. The number of esters is 1. The van der Waals surface area contributed by atoms with Crippen LogP contribution in [0, 0.1) is 0 Å². The monoisotopic (exact) mass is 332 g/mol. The summed E-state index contributed by atoms with van der Waals surface area (Å²) in [6.07, 6.45) is 3.05. The van der Waals surface area contributed by atoms with Gasteiger partial charge in [-0.1, -0.05) is 18.2 Å². The third-order valence-corrected chi connectivity index (χ3v) is 4.27. The molecule has 0 radical (unpaired) electrons. The molecule has 24 heavy (non-hydrogen) atoms. The summed E-state index contributed by atoms with van der Waals surface area (Å²) in [6, 6.07) is 8.93. The van der Waals surface area contributed by atoms with Crippen LogP contribution < -0.4 is 5.32 Å². The van der Waals surface area contributed by atoms with Crippen LogP contribution in [0.5, 0.6) is 0 Å². The van der Waals surface area contributed by atoms with Gasteiger partial charge in [-0.15, -0.1) is 0 Å². The average molecular weight is 332 g/mol. The van der Waals surface area contributed by atoms with Crippen molar-refractivity contribution in [1.82, 2.24) is 10.2 Å². The minimum absolute atomic E-state index is 0.165. The number of nitrogens with zero attached hydrogens (tertiary/aromatic N) is 1. The van der Waals surface area contributed by atoms with Gasteiger partial charge in [0.05, 0.1) is 0 Å². The number of hydrogen-bond acceptors (Lipinski definition) is 4. The second-order valence-electron chi connectivity index (χ2n) is 6.14. The maximum absolute atomic E-state index is 12.2. The van der Waals surface area contributed by atoms with Gasteiger partial charge in [-0.3, -0.25) is 14.4 Å². The molecule has 0 saturated carbocycles. The zero-order valence-electron chi connectivity index (χ0n) is 14.2. The highest BCUT2D eigenvalue weighted by Gasteiger charge is 2.29. The smallest absolute Gasteiger partial charge is 0.325 e. The molecule has 2 amide bonds. The third kappa shape index (κ3) is 4.81. The molecule has 0 unspecified atom stereocenters. The topological polar surface area (TPSA) is 75.7 Å². The first-order chi connectivity index (χ1) is 11.5. The van der Waals surface area contributed by atoms with Crippen molar-refractivity contribution < 1.29 is 19.1 Å². The van der Waals surface area contributed by atoms with Crippen molar-refractivity contribution >= 4 is 17.8 Å². The molecule has 1 heterocycles. The van der Waals surface area contributed by atoms with Crippen LogP contribution >= 0.6 is 0 Å². The molecule has 6 nitrogen and oxygen atoms in total. The lowest BCUT2D eigenvalue weighted by Crippen LogP contribution is -2.49. The van der Waals surface area contributed by atoms with E-state index in [2.05, 4.69) is 5.32 Å². The maximum atomic E-state index is 12.2. The van der Waals surface area contributed by atoms with E-state index in [-0.39, 0.29) is 37.0 Å². The van der Waals surface area contributed by atoms with Crippen molar-refractivity contribution in [3.05, 3.63) is 35.9 Å². The average Bonchev–Trinajstić information content (AvgIpc) is 2.58. The van der Waals surface area contributed by atoms with Crippen LogP contribution in [-0.4, -0.2) is 47.9 Å². The van der Waals surface area contributed by atoms with Gasteiger partial charge in [0.15, 0.2) is 6.61 Å². The summed E-state index contributed by atoms with van der Waals surface area (Å²) in [6.45, 7) is 3.48. The minimum atomic E-state index is -0.620. The van der Waals surface area contributed by atoms with E-state index >= 15 is 0 Å².